The SMILES string of the molecule is [B]C(=O)OCc1ccc(NC(=O)CNC)cc1. The van der Waals surface area contributed by atoms with Gasteiger partial charge in [0.15, 0.2) is 0 Å². The number of anilines is 1. The van der Waals surface area contributed by atoms with Gasteiger partial charge in [0.2, 0.25) is 19.6 Å². The van der Waals surface area contributed by atoms with Crippen LogP contribution in [-0.2, 0) is 16.1 Å². The molecule has 0 unspecified atom stereocenters. The van der Waals surface area contributed by atoms with Crippen molar-refractivity contribution in [3.63, 3.8) is 0 Å². The van der Waals surface area contributed by atoms with Crippen LogP contribution >= 0.6 is 0 Å². The quantitative estimate of drug-likeness (QED) is 0.731. The molecule has 1 rings (SSSR count). The molecule has 0 spiro atoms. The number of benzene rings is 1. The number of hydrogen-bond donors (Lipinski definition) is 2. The number of hydrogen-bond acceptors (Lipinski definition) is 4. The molecule has 1 aromatic rings. The fraction of sp³-hybridized carbons (Fsp3) is 0.273. The second-order valence-electron chi connectivity index (χ2n) is 3.38. The van der Waals surface area contributed by atoms with Gasteiger partial charge in [-0.2, -0.15) is 0 Å². The Hall–Kier alpha value is -1.82. The number of nitrogens with one attached hydrogen (secondary N) is 2. The Morgan fingerprint density at radius 3 is 2.47 bits per heavy atom. The molecule has 0 aliphatic rings. The summed E-state index contributed by atoms with van der Waals surface area (Å²) in [6.45, 7) is 0.382. The molecule has 0 saturated carbocycles. The van der Waals surface area contributed by atoms with Crippen LogP contribution in [0.15, 0.2) is 24.3 Å². The average molecular weight is 232 g/mol. The average Bonchev–Trinajstić information content (AvgIpc) is 2.28. The minimum Gasteiger partial charge on any atom is -0.470 e. The molecule has 88 valence electrons. The Bertz CT molecular complexity index is 392. The first-order valence-electron chi connectivity index (χ1n) is 5.07. The third kappa shape index (κ3) is 5.17. The minimum absolute atomic E-state index is 0.117. The van der Waals surface area contributed by atoms with Crippen LogP contribution in [0.2, 0.25) is 0 Å². The van der Waals surface area contributed by atoms with Gasteiger partial charge in [0.25, 0.3) is 0 Å². The van der Waals surface area contributed by atoms with Crippen LogP contribution < -0.4 is 10.6 Å². The van der Waals surface area contributed by atoms with Crippen LogP contribution in [0.3, 0.4) is 0 Å². The van der Waals surface area contributed by atoms with E-state index in [1.807, 2.05) is 0 Å². The van der Waals surface area contributed by atoms with Crippen LogP contribution in [0.5, 0.6) is 0 Å². The molecule has 6 heteroatoms. The lowest BCUT2D eigenvalue weighted by Crippen LogP contribution is -2.24. The molecule has 0 aliphatic carbocycles. The van der Waals surface area contributed by atoms with Gasteiger partial charge >= 0.3 is 0 Å². The second-order valence-corrected chi connectivity index (χ2v) is 3.38. The topological polar surface area (TPSA) is 67.4 Å². The third-order valence-corrected chi connectivity index (χ3v) is 1.96. The van der Waals surface area contributed by atoms with Crippen molar-refractivity contribution in [1.82, 2.24) is 5.32 Å². The van der Waals surface area contributed by atoms with Gasteiger partial charge < -0.3 is 15.4 Å². The number of carbonyl (C=O) groups excluding carboxylic acids is 2. The van der Waals surface area contributed by atoms with E-state index in [2.05, 4.69) is 15.4 Å². The highest BCUT2D eigenvalue weighted by atomic mass is 16.5. The van der Waals surface area contributed by atoms with Crippen LogP contribution in [0, 0.1) is 0 Å². The zero-order chi connectivity index (χ0) is 12.7. The molecule has 0 atom stereocenters. The normalized spacial score (nSPS) is 9.71. The van der Waals surface area contributed by atoms with Crippen molar-refractivity contribution < 1.29 is 14.3 Å². The zero-order valence-electron chi connectivity index (χ0n) is 9.53. The van der Waals surface area contributed by atoms with Gasteiger partial charge in [-0.25, -0.2) is 0 Å². The molecular weight excluding hydrogens is 219 g/mol. The second kappa shape index (κ2) is 6.70. The largest absolute Gasteiger partial charge is 0.470 e. The zero-order valence-corrected chi connectivity index (χ0v) is 9.53. The minimum atomic E-state index is -0.809. The van der Waals surface area contributed by atoms with Crippen LogP contribution in [-0.4, -0.2) is 33.2 Å². The lowest BCUT2D eigenvalue weighted by molar-refractivity contribution is -0.115. The van der Waals surface area contributed by atoms with E-state index < -0.39 is 5.87 Å². The number of amides is 1. The molecular formula is C11H13BN2O3. The molecule has 0 saturated heterocycles. The van der Waals surface area contributed by atoms with Crippen molar-refractivity contribution in [3.05, 3.63) is 29.8 Å². The van der Waals surface area contributed by atoms with Crippen molar-refractivity contribution in [1.29, 1.82) is 0 Å². The van der Waals surface area contributed by atoms with Crippen LogP contribution in [0.1, 0.15) is 5.56 Å². The summed E-state index contributed by atoms with van der Waals surface area (Å²) < 4.78 is 4.63. The molecule has 1 amide bonds. The monoisotopic (exact) mass is 232 g/mol. The summed E-state index contributed by atoms with van der Waals surface area (Å²) in [5.41, 5.74) is 1.49. The standard InChI is InChI=1S/C11H13BN2O3/c1-13-6-10(15)14-9-4-2-8(3-5-9)7-17-11(12)16/h2-5,13H,6-7H2,1H3,(H,14,15). The highest BCUT2D eigenvalue weighted by Crippen LogP contribution is 2.10. The van der Waals surface area contributed by atoms with Crippen LogP contribution in [0.25, 0.3) is 0 Å². The number of ether oxygens (including phenoxy) is 1. The van der Waals surface area contributed by atoms with Gasteiger partial charge in [-0.15, -0.1) is 0 Å². The van der Waals surface area contributed by atoms with Gasteiger partial charge in [0.05, 0.1) is 6.54 Å². The Morgan fingerprint density at radius 2 is 1.94 bits per heavy atom. The molecule has 0 bridgehead atoms. The van der Waals surface area contributed by atoms with Crippen molar-refractivity contribution in [2.24, 2.45) is 0 Å². The first-order chi connectivity index (χ1) is 8.11. The van der Waals surface area contributed by atoms with Gasteiger partial charge in [-0.05, 0) is 24.7 Å². The first-order valence-corrected chi connectivity index (χ1v) is 5.07. The summed E-state index contributed by atoms with van der Waals surface area (Å²) in [5, 5.41) is 5.45. The lowest BCUT2D eigenvalue weighted by atomic mass is 10.2. The smallest absolute Gasteiger partial charge is 0.238 e. The molecule has 2 N–H and O–H groups in total. The molecule has 2 radical (unpaired) electrons. The van der Waals surface area contributed by atoms with E-state index >= 15 is 0 Å². The number of likely N-dealkylation sites (N-methyl/N-ethyl adjacent to an activating group) is 1. The molecule has 5 nitrogen and oxygen atoms in total. The highest BCUT2D eigenvalue weighted by molar-refractivity contribution is 6.55. The molecule has 17 heavy (non-hydrogen) atoms. The predicted octanol–water partition coefficient (Wildman–Crippen LogP) is 0.650. The van der Waals surface area contributed by atoms with E-state index in [-0.39, 0.29) is 19.1 Å². The van der Waals surface area contributed by atoms with Crippen molar-refractivity contribution in [3.8, 4) is 0 Å². The first kappa shape index (κ1) is 13.3. The van der Waals surface area contributed by atoms with E-state index in [9.17, 15) is 9.59 Å². The summed E-state index contributed by atoms with van der Waals surface area (Å²) in [5.74, 6) is -0.926. The van der Waals surface area contributed by atoms with Gasteiger partial charge in [0.1, 0.15) is 6.61 Å². The maximum absolute atomic E-state index is 11.3. The predicted molar refractivity (Wildman–Crippen MR) is 64.9 cm³/mol. The maximum Gasteiger partial charge on any atom is 0.238 e. The van der Waals surface area contributed by atoms with E-state index in [4.69, 9.17) is 7.85 Å². The van der Waals surface area contributed by atoms with E-state index in [0.717, 1.165) is 5.56 Å². The Labute approximate surface area is 101 Å². The summed E-state index contributed by atoms with van der Waals surface area (Å²) in [7, 11) is 6.54. The van der Waals surface area contributed by atoms with Gasteiger partial charge in [-0.1, -0.05) is 12.1 Å². The van der Waals surface area contributed by atoms with E-state index in [1.54, 1.807) is 31.3 Å². The highest BCUT2D eigenvalue weighted by Gasteiger charge is 2.01. The fourth-order valence-electron chi connectivity index (χ4n) is 1.20. The number of carbonyl (C=O) groups is 2. The molecule has 1 aromatic carbocycles. The van der Waals surface area contributed by atoms with Gasteiger partial charge in [-0.3, -0.25) is 9.59 Å². The van der Waals surface area contributed by atoms with E-state index in [0.29, 0.717) is 5.69 Å². The van der Waals surface area contributed by atoms with Crippen molar-refractivity contribution >= 4 is 25.3 Å². The number of rotatable bonds is 5. The molecule has 0 aliphatic heterocycles. The van der Waals surface area contributed by atoms with Gasteiger partial charge in [0, 0.05) is 5.69 Å². The summed E-state index contributed by atoms with van der Waals surface area (Å²) in [4.78, 5) is 21.6. The fourth-order valence-corrected chi connectivity index (χ4v) is 1.20. The maximum atomic E-state index is 11.3. The Balaban J connectivity index is 2.49. The molecule has 0 heterocycles. The lowest BCUT2D eigenvalue weighted by Gasteiger charge is -2.06. The van der Waals surface area contributed by atoms with E-state index in [1.165, 1.54) is 0 Å². The molecule has 0 fully saturated rings. The van der Waals surface area contributed by atoms with Crippen LogP contribution in [0.4, 0.5) is 10.5 Å². The summed E-state index contributed by atoms with van der Waals surface area (Å²) in [6, 6.07) is 6.95. The summed E-state index contributed by atoms with van der Waals surface area (Å²) >= 11 is 0. The van der Waals surface area contributed by atoms with Crippen molar-refractivity contribution in [2.75, 3.05) is 18.9 Å². The Morgan fingerprint density at radius 1 is 1.29 bits per heavy atom. The summed E-state index contributed by atoms with van der Waals surface area (Å²) in [6.07, 6.45) is 0. The Kier molecular flexibility index (Phi) is 5.22. The third-order valence-electron chi connectivity index (χ3n) is 1.96. The van der Waals surface area contributed by atoms with Crippen molar-refractivity contribution in [2.45, 2.75) is 6.61 Å². The molecule has 0 aromatic heterocycles.